The molecule has 1 aromatic carbocycles. The van der Waals surface area contributed by atoms with Crippen LogP contribution in [0.1, 0.15) is 35.2 Å². The van der Waals surface area contributed by atoms with Gasteiger partial charge in [-0.25, -0.2) is 0 Å². The molecular formula is C18H23N3O2. The first-order valence-electron chi connectivity index (χ1n) is 8.12. The highest BCUT2D eigenvalue weighted by atomic mass is 16.2. The third kappa shape index (κ3) is 2.96. The number of amides is 2. The van der Waals surface area contributed by atoms with Gasteiger partial charge in [0.25, 0.3) is 0 Å². The highest BCUT2D eigenvalue weighted by Crippen LogP contribution is 2.28. The van der Waals surface area contributed by atoms with Crippen LogP contribution in [0.2, 0.25) is 0 Å². The molecule has 0 spiro atoms. The van der Waals surface area contributed by atoms with Gasteiger partial charge in [0.15, 0.2) is 0 Å². The summed E-state index contributed by atoms with van der Waals surface area (Å²) in [4.78, 5) is 27.6. The van der Waals surface area contributed by atoms with Gasteiger partial charge in [0.05, 0.1) is 6.42 Å². The monoisotopic (exact) mass is 313 g/mol. The molecule has 1 unspecified atom stereocenters. The van der Waals surface area contributed by atoms with Crippen molar-refractivity contribution in [2.24, 2.45) is 0 Å². The second-order valence-corrected chi connectivity index (χ2v) is 6.41. The molecule has 0 aliphatic carbocycles. The molecule has 2 amide bonds. The van der Waals surface area contributed by atoms with Crippen LogP contribution in [0.4, 0.5) is 0 Å². The SMILES string of the molecule is Cc1[nH]c2c(C)ccc(C)c2c1CC(=O)NC1CCCNC1=O. The molecule has 1 atom stereocenters. The molecule has 1 aliphatic heterocycles. The van der Waals surface area contributed by atoms with Crippen molar-refractivity contribution in [2.45, 2.75) is 46.1 Å². The number of carbonyl (C=O) groups excluding carboxylic acids is 2. The highest BCUT2D eigenvalue weighted by Gasteiger charge is 2.24. The first-order chi connectivity index (χ1) is 11.0. The van der Waals surface area contributed by atoms with Gasteiger partial charge in [-0.2, -0.15) is 0 Å². The molecule has 2 aromatic rings. The van der Waals surface area contributed by atoms with Gasteiger partial charge in [0, 0.05) is 23.1 Å². The predicted molar refractivity (Wildman–Crippen MR) is 90.4 cm³/mol. The van der Waals surface area contributed by atoms with E-state index in [1.54, 1.807) is 0 Å². The van der Waals surface area contributed by atoms with Gasteiger partial charge in [0.1, 0.15) is 6.04 Å². The number of hydrogen-bond donors (Lipinski definition) is 3. The maximum atomic E-state index is 12.4. The number of benzene rings is 1. The molecular weight excluding hydrogens is 290 g/mol. The van der Waals surface area contributed by atoms with Crippen LogP contribution in [0, 0.1) is 20.8 Å². The van der Waals surface area contributed by atoms with E-state index in [1.807, 2.05) is 6.92 Å². The van der Waals surface area contributed by atoms with Crippen molar-refractivity contribution >= 4 is 22.7 Å². The summed E-state index contributed by atoms with van der Waals surface area (Å²) in [5.41, 5.74) is 5.47. The molecule has 1 aromatic heterocycles. The summed E-state index contributed by atoms with van der Waals surface area (Å²) >= 11 is 0. The normalized spacial score (nSPS) is 18.0. The number of aromatic nitrogens is 1. The Morgan fingerprint density at radius 1 is 1.26 bits per heavy atom. The molecule has 3 rings (SSSR count). The predicted octanol–water partition coefficient (Wildman–Crippen LogP) is 2.03. The number of aryl methyl sites for hydroxylation is 3. The summed E-state index contributed by atoms with van der Waals surface area (Å²) in [7, 11) is 0. The molecule has 0 radical (unpaired) electrons. The van der Waals surface area contributed by atoms with Crippen LogP contribution in [0.5, 0.6) is 0 Å². The number of nitrogens with one attached hydrogen (secondary N) is 3. The molecule has 5 nitrogen and oxygen atoms in total. The molecule has 5 heteroatoms. The first-order valence-corrected chi connectivity index (χ1v) is 8.12. The number of hydrogen-bond acceptors (Lipinski definition) is 2. The average Bonchev–Trinajstić information content (AvgIpc) is 2.84. The van der Waals surface area contributed by atoms with Gasteiger partial charge in [0.2, 0.25) is 11.8 Å². The number of aromatic amines is 1. The van der Waals surface area contributed by atoms with E-state index in [2.05, 4.69) is 41.6 Å². The molecule has 23 heavy (non-hydrogen) atoms. The lowest BCUT2D eigenvalue weighted by atomic mass is 10.0. The maximum absolute atomic E-state index is 12.4. The third-order valence-corrected chi connectivity index (χ3v) is 4.65. The fourth-order valence-electron chi connectivity index (χ4n) is 3.35. The fraction of sp³-hybridized carbons (Fsp3) is 0.444. The smallest absolute Gasteiger partial charge is 0.242 e. The lowest BCUT2D eigenvalue weighted by Gasteiger charge is -2.22. The van der Waals surface area contributed by atoms with Crippen molar-refractivity contribution in [1.29, 1.82) is 0 Å². The molecule has 3 N–H and O–H groups in total. The van der Waals surface area contributed by atoms with Crippen molar-refractivity contribution in [3.8, 4) is 0 Å². The lowest BCUT2D eigenvalue weighted by molar-refractivity contribution is -0.129. The summed E-state index contributed by atoms with van der Waals surface area (Å²) < 4.78 is 0. The molecule has 0 bridgehead atoms. The minimum absolute atomic E-state index is 0.0766. The van der Waals surface area contributed by atoms with Gasteiger partial charge in [-0.05, 0) is 50.3 Å². The number of carbonyl (C=O) groups is 2. The zero-order valence-electron chi connectivity index (χ0n) is 13.9. The largest absolute Gasteiger partial charge is 0.358 e. The second-order valence-electron chi connectivity index (χ2n) is 6.41. The van der Waals surface area contributed by atoms with E-state index in [-0.39, 0.29) is 11.8 Å². The van der Waals surface area contributed by atoms with E-state index in [4.69, 9.17) is 0 Å². The van der Waals surface area contributed by atoms with Crippen LogP contribution in [0.15, 0.2) is 12.1 Å². The molecule has 0 saturated carbocycles. The Bertz CT molecular complexity index is 776. The van der Waals surface area contributed by atoms with Crippen molar-refractivity contribution in [3.05, 3.63) is 34.5 Å². The number of rotatable bonds is 3. The van der Waals surface area contributed by atoms with E-state index in [9.17, 15) is 9.59 Å². The third-order valence-electron chi connectivity index (χ3n) is 4.65. The number of H-pyrrole nitrogens is 1. The molecule has 1 saturated heterocycles. The number of fused-ring (bicyclic) bond motifs is 1. The Balaban J connectivity index is 1.84. The van der Waals surface area contributed by atoms with Crippen molar-refractivity contribution < 1.29 is 9.59 Å². The van der Waals surface area contributed by atoms with Gasteiger partial charge in [-0.1, -0.05) is 12.1 Å². The van der Waals surface area contributed by atoms with Gasteiger partial charge in [-0.15, -0.1) is 0 Å². The Morgan fingerprint density at radius 3 is 2.74 bits per heavy atom. The van der Waals surface area contributed by atoms with E-state index in [1.165, 1.54) is 5.56 Å². The van der Waals surface area contributed by atoms with Gasteiger partial charge < -0.3 is 15.6 Å². The van der Waals surface area contributed by atoms with Gasteiger partial charge in [-0.3, -0.25) is 9.59 Å². The first kappa shape index (κ1) is 15.6. The summed E-state index contributed by atoms with van der Waals surface area (Å²) in [5.74, 6) is -0.177. The van der Waals surface area contributed by atoms with Gasteiger partial charge >= 0.3 is 0 Å². The summed E-state index contributed by atoms with van der Waals surface area (Å²) in [5, 5.41) is 6.79. The zero-order chi connectivity index (χ0) is 16.6. The molecule has 1 fully saturated rings. The summed E-state index contributed by atoms with van der Waals surface area (Å²) in [6.45, 7) is 6.82. The molecule has 2 heterocycles. The van der Waals surface area contributed by atoms with Crippen LogP contribution in [0.3, 0.4) is 0 Å². The van der Waals surface area contributed by atoms with E-state index >= 15 is 0 Å². The van der Waals surface area contributed by atoms with Crippen molar-refractivity contribution in [1.82, 2.24) is 15.6 Å². The summed E-state index contributed by atoms with van der Waals surface area (Å²) in [6, 6.07) is 3.77. The van der Waals surface area contributed by atoms with E-state index < -0.39 is 6.04 Å². The molecule has 122 valence electrons. The zero-order valence-corrected chi connectivity index (χ0v) is 13.9. The van der Waals surface area contributed by atoms with Crippen LogP contribution >= 0.6 is 0 Å². The number of piperidine rings is 1. The molecule has 1 aliphatic rings. The fourth-order valence-corrected chi connectivity index (χ4v) is 3.35. The average molecular weight is 313 g/mol. The standard InChI is InChI=1S/C18H23N3O2/c1-10-6-7-11(2)17-16(10)13(12(3)20-17)9-15(22)21-14-5-4-8-19-18(14)23/h6-7,14,20H,4-5,8-9H2,1-3H3,(H,19,23)(H,21,22). The van der Waals surface area contributed by atoms with Crippen LogP contribution in [-0.2, 0) is 16.0 Å². The Labute approximate surface area is 135 Å². The van der Waals surface area contributed by atoms with E-state index in [0.29, 0.717) is 19.4 Å². The van der Waals surface area contributed by atoms with Crippen molar-refractivity contribution in [3.63, 3.8) is 0 Å². The van der Waals surface area contributed by atoms with Crippen molar-refractivity contribution in [2.75, 3.05) is 6.54 Å². The topological polar surface area (TPSA) is 74.0 Å². The van der Waals surface area contributed by atoms with Crippen LogP contribution in [0.25, 0.3) is 10.9 Å². The van der Waals surface area contributed by atoms with Crippen LogP contribution < -0.4 is 10.6 Å². The van der Waals surface area contributed by atoms with Crippen LogP contribution in [-0.4, -0.2) is 29.4 Å². The second kappa shape index (κ2) is 6.07. The minimum Gasteiger partial charge on any atom is -0.358 e. The highest BCUT2D eigenvalue weighted by molar-refractivity contribution is 5.95. The Kier molecular flexibility index (Phi) is 4.11. The Morgan fingerprint density at radius 2 is 2.00 bits per heavy atom. The quantitative estimate of drug-likeness (QED) is 0.811. The van der Waals surface area contributed by atoms with E-state index in [0.717, 1.165) is 34.1 Å². The maximum Gasteiger partial charge on any atom is 0.242 e. The Hall–Kier alpha value is -2.30. The minimum atomic E-state index is -0.399. The lowest BCUT2D eigenvalue weighted by Crippen LogP contribution is -2.50. The summed E-state index contributed by atoms with van der Waals surface area (Å²) in [6.07, 6.45) is 1.91.